The Morgan fingerprint density at radius 1 is 1.04 bits per heavy atom. The normalized spacial score (nSPS) is 10.8. The molecule has 0 atom stereocenters. The van der Waals surface area contributed by atoms with Crippen molar-refractivity contribution in [1.29, 1.82) is 0 Å². The first-order valence-electron chi connectivity index (χ1n) is 8.05. The summed E-state index contributed by atoms with van der Waals surface area (Å²) in [4.78, 5) is 34.3. The Hall–Kier alpha value is -3.45. The molecule has 3 aromatic heterocycles. The van der Waals surface area contributed by atoms with Crippen molar-refractivity contribution in [3.05, 3.63) is 89.1 Å². The lowest BCUT2D eigenvalue weighted by Crippen LogP contribution is -2.18. The second kappa shape index (κ2) is 7.05. The fourth-order valence-corrected chi connectivity index (χ4v) is 3.61. The van der Waals surface area contributed by atoms with Crippen LogP contribution in [0, 0.1) is 0 Å². The van der Waals surface area contributed by atoms with E-state index in [1.165, 1.54) is 6.20 Å². The van der Waals surface area contributed by atoms with Crippen LogP contribution in [-0.4, -0.2) is 25.6 Å². The smallest absolute Gasteiger partial charge is 0.341 e. The Morgan fingerprint density at radius 3 is 2.63 bits per heavy atom. The Bertz CT molecular complexity index is 1210. The predicted molar refractivity (Wildman–Crippen MR) is 103 cm³/mol. The van der Waals surface area contributed by atoms with Crippen LogP contribution in [-0.2, 0) is 0 Å². The molecule has 0 saturated carbocycles. The third-order valence-corrected chi connectivity index (χ3v) is 4.93. The van der Waals surface area contributed by atoms with Crippen LogP contribution < -0.4 is 5.43 Å². The van der Waals surface area contributed by atoms with Crippen molar-refractivity contribution in [2.75, 3.05) is 0 Å². The molecule has 0 amide bonds. The van der Waals surface area contributed by atoms with E-state index in [1.807, 2.05) is 36.4 Å². The minimum Gasteiger partial charge on any atom is -0.477 e. The quantitative estimate of drug-likeness (QED) is 0.586. The van der Waals surface area contributed by atoms with E-state index in [0.717, 1.165) is 15.5 Å². The van der Waals surface area contributed by atoms with Crippen LogP contribution in [0.15, 0.2) is 87.9 Å². The monoisotopic (exact) mass is 375 g/mol. The van der Waals surface area contributed by atoms with Gasteiger partial charge in [-0.1, -0.05) is 17.8 Å². The zero-order valence-corrected chi connectivity index (χ0v) is 14.8. The molecule has 0 spiro atoms. The van der Waals surface area contributed by atoms with Gasteiger partial charge < -0.3 is 9.67 Å². The van der Waals surface area contributed by atoms with Gasteiger partial charge in [0, 0.05) is 40.3 Å². The Kier molecular flexibility index (Phi) is 4.43. The highest BCUT2D eigenvalue weighted by molar-refractivity contribution is 7.99. The summed E-state index contributed by atoms with van der Waals surface area (Å²) in [7, 11) is 0. The number of carboxylic acid groups (broad SMARTS) is 1. The molecule has 0 bridgehead atoms. The van der Waals surface area contributed by atoms with E-state index >= 15 is 0 Å². The lowest BCUT2D eigenvalue weighted by Gasteiger charge is -2.12. The largest absolute Gasteiger partial charge is 0.477 e. The Labute approximate surface area is 158 Å². The molecule has 132 valence electrons. The fraction of sp³-hybridized carbons (Fsp3) is 0. The number of hydrogen-bond donors (Lipinski definition) is 1. The minimum atomic E-state index is -1.26. The van der Waals surface area contributed by atoms with Gasteiger partial charge in [-0.25, -0.2) is 9.78 Å². The molecular weight excluding hydrogens is 362 g/mol. The summed E-state index contributed by atoms with van der Waals surface area (Å²) in [5.74, 6) is -1.26. The SMILES string of the molecule is O=C(O)c1cn(-c2cccc(Sc3cccnc3)c2)c2ncccc2c1=O. The number of carbonyl (C=O) groups is 1. The average Bonchev–Trinajstić information content (AvgIpc) is 2.69. The van der Waals surface area contributed by atoms with Crippen LogP contribution in [0.2, 0.25) is 0 Å². The van der Waals surface area contributed by atoms with Crippen molar-refractivity contribution in [3.63, 3.8) is 0 Å². The molecule has 4 aromatic rings. The summed E-state index contributed by atoms with van der Waals surface area (Å²) in [6.45, 7) is 0. The number of rotatable bonds is 4. The van der Waals surface area contributed by atoms with E-state index in [9.17, 15) is 14.7 Å². The number of aromatic carboxylic acids is 1. The molecule has 27 heavy (non-hydrogen) atoms. The maximum absolute atomic E-state index is 12.4. The summed E-state index contributed by atoms with van der Waals surface area (Å²) in [5, 5.41) is 9.67. The summed E-state index contributed by atoms with van der Waals surface area (Å²) < 4.78 is 1.63. The third-order valence-electron chi connectivity index (χ3n) is 3.96. The van der Waals surface area contributed by atoms with Crippen LogP contribution >= 0.6 is 11.8 Å². The Balaban J connectivity index is 1.87. The summed E-state index contributed by atoms with van der Waals surface area (Å²) in [6, 6.07) is 14.6. The van der Waals surface area contributed by atoms with Gasteiger partial charge in [0.15, 0.2) is 0 Å². The highest BCUT2D eigenvalue weighted by Gasteiger charge is 2.16. The molecule has 1 aromatic carbocycles. The highest BCUT2D eigenvalue weighted by atomic mass is 32.2. The molecule has 0 fully saturated rings. The molecular formula is C20H13N3O3S. The van der Waals surface area contributed by atoms with E-state index in [4.69, 9.17) is 0 Å². The Morgan fingerprint density at radius 2 is 1.85 bits per heavy atom. The summed E-state index contributed by atoms with van der Waals surface area (Å²) >= 11 is 1.54. The average molecular weight is 375 g/mol. The van der Waals surface area contributed by atoms with E-state index in [-0.39, 0.29) is 10.9 Å². The van der Waals surface area contributed by atoms with Crippen LogP contribution in [0.4, 0.5) is 0 Å². The zero-order valence-electron chi connectivity index (χ0n) is 13.9. The second-order valence-electron chi connectivity index (χ2n) is 5.71. The van der Waals surface area contributed by atoms with Crippen molar-refractivity contribution < 1.29 is 9.90 Å². The molecule has 0 aliphatic rings. The van der Waals surface area contributed by atoms with E-state index in [0.29, 0.717) is 5.65 Å². The standard InChI is InChI=1S/C20H13N3O3S/c24-18-16-7-3-9-22-19(16)23(12-17(18)20(25)26)13-4-1-5-14(10-13)27-15-6-2-8-21-11-15/h1-12H,(H,25,26). The van der Waals surface area contributed by atoms with Crippen LogP contribution in [0.25, 0.3) is 16.7 Å². The first-order valence-corrected chi connectivity index (χ1v) is 8.87. The molecule has 3 heterocycles. The summed E-state index contributed by atoms with van der Waals surface area (Å²) in [5.41, 5.74) is 0.301. The van der Waals surface area contributed by atoms with Crippen molar-refractivity contribution >= 4 is 28.8 Å². The van der Waals surface area contributed by atoms with E-state index in [1.54, 1.807) is 47.1 Å². The molecule has 0 radical (unpaired) electrons. The van der Waals surface area contributed by atoms with Crippen molar-refractivity contribution in [3.8, 4) is 5.69 Å². The maximum Gasteiger partial charge on any atom is 0.341 e. The first-order chi connectivity index (χ1) is 13.1. The second-order valence-corrected chi connectivity index (χ2v) is 6.86. The number of hydrogen-bond acceptors (Lipinski definition) is 5. The van der Waals surface area contributed by atoms with Crippen LogP contribution in [0.1, 0.15) is 10.4 Å². The van der Waals surface area contributed by atoms with Crippen molar-refractivity contribution in [2.45, 2.75) is 9.79 Å². The number of aromatic nitrogens is 3. The van der Waals surface area contributed by atoms with E-state index < -0.39 is 11.4 Å². The number of fused-ring (bicyclic) bond motifs is 1. The third kappa shape index (κ3) is 3.32. The van der Waals surface area contributed by atoms with Crippen molar-refractivity contribution in [2.24, 2.45) is 0 Å². The van der Waals surface area contributed by atoms with E-state index in [2.05, 4.69) is 9.97 Å². The number of pyridine rings is 3. The maximum atomic E-state index is 12.4. The van der Waals surface area contributed by atoms with Gasteiger partial charge in [-0.05, 0) is 42.5 Å². The molecule has 0 aliphatic heterocycles. The molecule has 1 N–H and O–H groups in total. The van der Waals surface area contributed by atoms with Gasteiger partial charge in [-0.3, -0.25) is 9.78 Å². The van der Waals surface area contributed by atoms with Crippen LogP contribution in [0.3, 0.4) is 0 Å². The molecule has 0 saturated heterocycles. The predicted octanol–water partition coefficient (Wildman–Crippen LogP) is 3.63. The fourth-order valence-electron chi connectivity index (χ4n) is 2.75. The molecule has 6 nitrogen and oxygen atoms in total. The summed E-state index contributed by atoms with van der Waals surface area (Å²) in [6.07, 6.45) is 6.39. The van der Waals surface area contributed by atoms with Crippen molar-refractivity contribution in [1.82, 2.24) is 14.5 Å². The molecule has 0 aliphatic carbocycles. The van der Waals surface area contributed by atoms with Gasteiger partial charge in [0.25, 0.3) is 0 Å². The molecule has 7 heteroatoms. The number of benzene rings is 1. The minimum absolute atomic E-state index is 0.266. The lowest BCUT2D eigenvalue weighted by molar-refractivity contribution is 0.0695. The van der Waals surface area contributed by atoms with Gasteiger partial charge in [0.05, 0.1) is 5.39 Å². The molecule has 4 rings (SSSR count). The first kappa shape index (κ1) is 17.0. The number of nitrogens with zero attached hydrogens (tertiary/aromatic N) is 3. The zero-order chi connectivity index (χ0) is 18.8. The van der Waals surface area contributed by atoms with Gasteiger partial charge in [0.1, 0.15) is 11.2 Å². The lowest BCUT2D eigenvalue weighted by atomic mass is 10.2. The molecule has 0 unspecified atom stereocenters. The highest BCUT2D eigenvalue weighted by Crippen LogP contribution is 2.28. The van der Waals surface area contributed by atoms with Crippen LogP contribution in [0.5, 0.6) is 0 Å². The number of carboxylic acids is 1. The van der Waals surface area contributed by atoms with Gasteiger partial charge in [0.2, 0.25) is 5.43 Å². The topological polar surface area (TPSA) is 85.1 Å². The van der Waals surface area contributed by atoms with Gasteiger partial charge in [-0.15, -0.1) is 0 Å². The van der Waals surface area contributed by atoms with Gasteiger partial charge >= 0.3 is 5.97 Å². The van der Waals surface area contributed by atoms with Gasteiger partial charge in [-0.2, -0.15) is 0 Å².